The van der Waals surface area contributed by atoms with Crippen LogP contribution in [0.25, 0.3) is 0 Å². The molecule has 1 unspecified atom stereocenters. The van der Waals surface area contributed by atoms with Gasteiger partial charge in [0.25, 0.3) is 0 Å². The zero-order valence-corrected chi connectivity index (χ0v) is 14.5. The molecule has 0 radical (unpaired) electrons. The van der Waals surface area contributed by atoms with Gasteiger partial charge in [-0.05, 0) is 42.8 Å². The Morgan fingerprint density at radius 2 is 1.67 bits per heavy atom. The summed E-state index contributed by atoms with van der Waals surface area (Å²) < 4.78 is 18.2. The third kappa shape index (κ3) is 4.55. The normalized spacial score (nSPS) is 13.6. The van der Waals surface area contributed by atoms with E-state index in [9.17, 15) is 4.57 Å². The maximum absolute atomic E-state index is 12.6. The summed E-state index contributed by atoms with van der Waals surface area (Å²) >= 11 is 17.8. The highest BCUT2D eigenvalue weighted by Gasteiger charge is 2.20. The third-order valence-corrected chi connectivity index (χ3v) is 4.65. The van der Waals surface area contributed by atoms with Crippen LogP contribution in [0.1, 0.15) is 5.56 Å². The molecule has 0 aromatic heterocycles. The van der Waals surface area contributed by atoms with E-state index in [4.69, 9.17) is 39.3 Å². The Balaban J connectivity index is 2.22. The molecule has 0 spiro atoms. The molecule has 0 aliphatic carbocycles. The van der Waals surface area contributed by atoms with Crippen LogP contribution in [0.5, 0.6) is 5.75 Å². The van der Waals surface area contributed by atoms with Gasteiger partial charge < -0.3 is 9.61 Å². The molecule has 1 N–H and O–H groups in total. The zero-order chi connectivity index (χ0) is 15.6. The summed E-state index contributed by atoms with van der Waals surface area (Å²) in [5, 5.41) is 4.20. The van der Waals surface area contributed by atoms with Crippen molar-refractivity contribution >= 4 is 48.0 Å². The van der Waals surface area contributed by atoms with Crippen LogP contribution in [0.3, 0.4) is 0 Å². The Morgan fingerprint density at radius 1 is 1.05 bits per heavy atom. The van der Waals surface area contributed by atoms with Gasteiger partial charge in [-0.1, -0.05) is 40.9 Å². The Labute approximate surface area is 138 Å². The van der Waals surface area contributed by atoms with Gasteiger partial charge in [0.2, 0.25) is 0 Å². The van der Waals surface area contributed by atoms with Crippen molar-refractivity contribution in [1.29, 1.82) is 0 Å². The van der Waals surface area contributed by atoms with Gasteiger partial charge in [0.15, 0.2) is 0 Å². The highest BCUT2D eigenvalue weighted by atomic mass is 35.5. The van der Waals surface area contributed by atoms with E-state index in [1.807, 2.05) is 6.92 Å². The van der Waals surface area contributed by atoms with Crippen molar-refractivity contribution in [3.8, 4) is 5.75 Å². The SMILES string of the molecule is Cc1ccc(Cl)cc1OP(C)(=O)Nc1ccc(Cl)cc1Cl. The van der Waals surface area contributed by atoms with Crippen LogP contribution < -0.4 is 9.61 Å². The van der Waals surface area contributed by atoms with E-state index >= 15 is 0 Å². The lowest BCUT2D eigenvalue weighted by Gasteiger charge is -2.19. The molecule has 0 bridgehead atoms. The van der Waals surface area contributed by atoms with E-state index in [-0.39, 0.29) is 0 Å². The third-order valence-electron chi connectivity index (χ3n) is 2.68. The molecule has 0 amide bonds. The fraction of sp³-hybridized carbons (Fsp3) is 0.143. The van der Waals surface area contributed by atoms with Crippen molar-refractivity contribution in [2.75, 3.05) is 11.8 Å². The van der Waals surface area contributed by atoms with E-state index in [1.54, 1.807) is 36.4 Å². The van der Waals surface area contributed by atoms with E-state index in [2.05, 4.69) is 5.09 Å². The van der Waals surface area contributed by atoms with E-state index in [0.29, 0.717) is 26.5 Å². The lowest BCUT2D eigenvalue weighted by atomic mass is 10.2. The van der Waals surface area contributed by atoms with Crippen LogP contribution in [-0.2, 0) is 4.57 Å². The standard InChI is InChI=1S/C14H13Cl3NO2P/c1-9-3-4-11(16)8-14(9)20-21(2,19)18-13-6-5-10(15)7-12(13)17/h3-8H,1-2H3,(H,18,19). The van der Waals surface area contributed by atoms with Crippen LogP contribution in [-0.4, -0.2) is 6.66 Å². The van der Waals surface area contributed by atoms with Crippen LogP contribution in [0.4, 0.5) is 5.69 Å². The Hall–Kier alpha value is -0.860. The lowest BCUT2D eigenvalue weighted by molar-refractivity contribution is 0.492. The average Bonchev–Trinajstić information content (AvgIpc) is 2.37. The second-order valence-corrected chi connectivity index (χ2v) is 7.96. The minimum absolute atomic E-state index is 0.371. The van der Waals surface area contributed by atoms with Gasteiger partial charge in [-0.3, -0.25) is 4.57 Å². The van der Waals surface area contributed by atoms with Gasteiger partial charge in [0.05, 0.1) is 10.7 Å². The molecule has 0 heterocycles. The minimum atomic E-state index is -3.16. The fourth-order valence-electron chi connectivity index (χ4n) is 1.68. The van der Waals surface area contributed by atoms with Gasteiger partial charge in [-0.2, -0.15) is 0 Å². The second kappa shape index (κ2) is 6.50. The molecule has 3 nitrogen and oxygen atoms in total. The number of halogens is 3. The lowest BCUT2D eigenvalue weighted by Crippen LogP contribution is -2.03. The molecule has 2 rings (SSSR count). The molecule has 2 aromatic rings. The predicted molar refractivity (Wildman–Crippen MR) is 90.4 cm³/mol. The van der Waals surface area contributed by atoms with E-state index in [0.717, 1.165) is 5.56 Å². The van der Waals surface area contributed by atoms with E-state index in [1.165, 1.54) is 6.66 Å². The largest absolute Gasteiger partial charge is 0.429 e. The number of benzene rings is 2. The molecule has 0 saturated carbocycles. The predicted octanol–water partition coefficient (Wildman–Crippen LogP) is 6.27. The summed E-state index contributed by atoms with van der Waals surface area (Å²) in [4.78, 5) is 0. The highest BCUT2D eigenvalue weighted by molar-refractivity contribution is 7.60. The smallest absolute Gasteiger partial charge is 0.338 e. The van der Waals surface area contributed by atoms with Crippen molar-refractivity contribution in [1.82, 2.24) is 0 Å². The van der Waals surface area contributed by atoms with Gasteiger partial charge in [-0.15, -0.1) is 0 Å². The first-order valence-corrected chi connectivity index (χ1v) is 9.24. The quantitative estimate of drug-likeness (QED) is 0.650. The molecule has 7 heteroatoms. The maximum Gasteiger partial charge on any atom is 0.338 e. The van der Waals surface area contributed by atoms with Crippen LogP contribution in [0, 0.1) is 6.92 Å². The van der Waals surface area contributed by atoms with Crippen molar-refractivity contribution in [3.05, 3.63) is 57.0 Å². The molecule has 0 saturated heterocycles. The Kier molecular flexibility index (Phi) is 5.11. The van der Waals surface area contributed by atoms with Gasteiger partial charge >= 0.3 is 7.52 Å². The molecule has 0 aliphatic rings. The van der Waals surface area contributed by atoms with Crippen molar-refractivity contribution in [3.63, 3.8) is 0 Å². The first-order chi connectivity index (χ1) is 9.77. The van der Waals surface area contributed by atoms with Gasteiger partial charge in [-0.25, -0.2) is 0 Å². The number of aryl methyl sites for hydroxylation is 1. The molecule has 0 fully saturated rings. The van der Waals surface area contributed by atoms with Gasteiger partial charge in [0.1, 0.15) is 5.75 Å². The monoisotopic (exact) mass is 363 g/mol. The Morgan fingerprint density at radius 3 is 2.33 bits per heavy atom. The minimum Gasteiger partial charge on any atom is -0.429 e. The summed E-state index contributed by atoms with van der Waals surface area (Å²) in [5.41, 5.74) is 1.33. The average molecular weight is 365 g/mol. The topological polar surface area (TPSA) is 38.3 Å². The van der Waals surface area contributed by atoms with Crippen molar-refractivity contribution in [2.45, 2.75) is 6.92 Å². The summed E-state index contributed by atoms with van der Waals surface area (Å²) in [7, 11) is -3.16. The molecule has 0 aliphatic heterocycles. The molecule has 1 atom stereocenters. The molecule has 2 aromatic carbocycles. The first-order valence-electron chi connectivity index (χ1n) is 6.03. The van der Waals surface area contributed by atoms with E-state index < -0.39 is 7.52 Å². The zero-order valence-electron chi connectivity index (χ0n) is 11.4. The van der Waals surface area contributed by atoms with Gasteiger partial charge in [0, 0.05) is 16.7 Å². The fourth-order valence-corrected chi connectivity index (χ4v) is 3.62. The number of rotatable bonds is 4. The summed E-state index contributed by atoms with van der Waals surface area (Å²) in [5.74, 6) is 0.464. The van der Waals surface area contributed by atoms with Crippen LogP contribution in [0.2, 0.25) is 15.1 Å². The summed E-state index contributed by atoms with van der Waals surface area (Å²) in [6.45, 7) is 3.32. The summed E-state index contributed by atoms with van der Waals surface area (Å²) in [6.07, 6.45) is 0. The number of anilines is 1. The summed E-state index contributed by atoms with van der Waals surface area (Å²) in [6, 6.07) is 10.0. The van der Waals surface area contributed by atoms with Crippen LogP contribution >= 0.6 is 42.3 Å². The maximum atomic E-state index is 12.6. The molecular weight excluding hydrogens is 351 g/mol. The van der Waals surface area contributed by atoms with Crippen LogP contribution in [0.15, 0.2) is 36.4 Å². The Bertz CT molecular complexity index is 721. The second-order valence-electron chi connectivity index (χ2n) is 4.58. The van der Waals surface area contributed by atoms with Crippen molar-refractivity contribution in [2.24, 2.45) is 0 Å². The number of hydrogen-bond acceptors (Lipinski definition) is 2. The number of nitrogens with one attached hydrogen (secondary N) is 1. The molecule has 112 valence electrons. The molecular formula is C14H13Cl3NO2P. The first kappa shape index (κ1) is 16.5. The molecule has 21 heavy (non-hydrogen) atoms. The number of hydrogen-bond donors (Lipinski definition) is 1. The highest BCUT2D eigenvalue weighted by Crippen LogP contribution is 2.46. The van der Waals surface area contributed by atoms with Crippen molar-refractivity contribution < 1.29 is 9.09 Å².